The summed E-state index contributed by atoms with van der Waals surface area (Å²) in [6.45, 7) is 1.59. The highest BCUT2D eigenvalue weighted by Crippen LogP contribution is 2.13. The van der Waals surface area contributed by atoms with Gasteiger partial charge in [-0.2, -0.15) is 4.98 Å². The molecule has 1 rings (SSSR count). The summed E-state index contributed by atoms with van der Waals surface area (Å²) < 4.78 is 33.2. The van der Waals surface area contributed by atoms with Crippen molar-refractivity contribution in [1.82, 2.24) is 10.1 Å². The first-order valence-corrected chi connectivity index (χ1v) is 5.57. The van der Waals surface area contributed by atoms with Crippen LogP contribution in [0, 0.1) is 0 Å². The van der Waals surface area contributed by atoms with Crippen molar-refractivity contribution in [3.8, 4) is 0 Å². The number of halogens is 2. The zero-order valence-electron chi connectivity index (χ0n) is 9.73. The molecular formula is C10H17F2N3O2. The van der Waals surface area contributed by atoms with Crippen molar-refractivity contribution in [2.24, 2.45) is 5.73 Å². The SMILES string of the molecule is CCC[C@@H](N)c1nc(CCOCC(F)F)no1. The molecule has 1 atom stereocenters. The molecule has 1 aromatic heterocycles. The third-order valence-corrected chi connectivity index (χ3v) is 2.11. The van der Waals surface area contributed by atoms with E-state index in [4.69, 9.17) is 15.0 Å². The molecule has 0 aliphatic heterocycles. The van der Waals surface area contributed by atoms with Crippen molar-refractivity contribution in [1.29, 1.82) is 0 Å². The van der Waals surface area contributed by atoms with Crippen LogP contribution in [0.2, 0.25) is 0 Å². The van der Waals surface area contributed by atoms with Crippen molar-refractivity contribution in [2.75, 3.05) is 13.2 Å². The zero-order chi connectivity index (χ0) is 12.7. The van der Waals surface area contributed by atoms with Gasteiger partial charge in [0.05, 0.1) is 12.6 Å². The Bertz CT molecular complexity index is 320. The van der Waals surface area contributed by atoms with Gasteiger partial charge in [-0.05, 0) is 6.42 Å². The third kappa shape index (κ3) is 5.18. The normalized spacial score (nSPS) is 13.2. The summed E-state index contributed by atoms with van der Waals surface area (Å²) in [5.74, 6) is 0.816. The Labute approximate surface area is 98.3 Å². The Morgan fingerprint density at radius 2 is 2.24 bits per heavy atom. The molecule has 0 aliphatic carbocycles. The Balaban J connectivity index is 2.30. The van der Waals surface area contributed by atoms with Crippen LogP contribution >= 0.6 is 0 Å². The quantitative estimate of drug-likeness (QED) is 0.710. The molecule has 17 heavy (non-hydrogen) atoms. The topological polar surface area (TPSA) is 74.2 Å². The van der Waals surface area contributed by atoms with Gasteiger partial charge >= 0.3 is 0 Å². The lowest BCUT2D eigenvalue weighted by Gasteiger charge is -2.02. The molecule has 0 amide bonds. The predicted molar refractivity (Wildman–Crippen MR) is 56.7 cm³/mol. The van der Waals surface area contributed by atoms with Gasteiger partial charge in [-0.15, -0.1) is 0 Å². The molecule has 0 bridgehead atoms. The lowest BCUT2D eigenvalue weighted by Crippen LogP contribution is -2.10. The molecule has 1 aromatic rings. The molecule has 0 saturated carbocycles. The van der Waals surface area contributed by atoms with E-state index in [2.05, 4.69) is 10.1 Å². The van der Waals surface area contributed by atoms with E-state index in [-0.39, 0.29) is 12.6 Å². The Kier molecular flexibility index (Phi) is 5.99. The van der Waals surface area contributed by atoms with Crippen LogP contribution in [0.5, 0.6) is 0 Å². The first-order chi connectivity index (χ1) is 8.13. The molecule has 0 saturated heterocycles. The second kappa shape index (κ2) is 7.29. The van der Waals surface area contributed by atoms with E-state index in [1.54, 1.807) is 0 Å². The molecule has 0 spiro atoms. The number of rotatable bonds is 8. The summed E-state index contributed by atoms with van der Waals surface area (Å²) in [4.78, 5) is 4.08. The molecule has 1 heterocycles. The second-order valence-electron chi connectivity index (χ2n) is 3.66. The molecule has 7 heteroatoms. The highest BCUT2D eigenvalue weighted by Gasteiger charge is 2.13. The fraction of sp³-hybridized carbons (Fsp3) is 0.800. The van der Waals surface area contributed by atoms with Gasteiger partial charge in [-0.3, -0.25) is 0 Å². The fourth-order valence-corrected chi connectivity index (χ4v) is 1.29. The number of ether oxygens (including phenoxy) is 1. The van der Waals surface area contributed by atoms with E-state index in [0.29, 0.717) is 18.1 Å². The van der Waals surface area contributed by atoms with Crippen molar-refractivity contribution >= 4 is 0 Å². The van der Waals surface area contributed by atoms with Crippen LogP contribution in [-0.2, 0) is 11.2 Å². The summed E-state index contributed by atoms with van der Waals surface area (Å²) in [6, 6.07) is -0.261. The highest BCUT2D eigenvalue weighted by molar-refractivity contribution is 4.91. The summed E-state index contributed by atoms with van der Waals surface area (Å²) >= 11 is 0. The van der Waals surface area contributed by atoms with Crippen LogP contribution in [0.3, 0.4) is 0 Å². The average molecular weight is 249 g/mol. The molecule has 0 fully saturated rings. The molecule has 0 radical (unpaired) electrons. The van der Waals surface area contributed by atoms with Gasteiger partial charge in [0, 0.05) is 6.42 Å². The maximum Gasteiger partial charge on any atom is 0.261 e. The van der Waals surface area contributed by atoms with E-state index < -0.39 is 13.0 Å². The molecule has 0 aromatic carbocycles. The van der Waals surface area contributed by atoms with Gasteiger partial charge in [-0.1, -0.05) is 18.5 Å². The van der Waals surface area contributed by atoms with Crippen molar-refractivity contribution in [2.45, 2.75) is 38.7 Å². The monoisotopic (exact) mass is 249 g/mol. The number of alkyl halides is 2. The van der Waals surface area contributed by atoms with Crippen molar-refractivity contribution in [3.63, 3.8) is 0 Å². The molecule has 5 nitrogen and oxygen atoms in total. The molecule has 2 N–H and O–H groups in total. The maximum absolute atomic E-state index is 11.8. The first-order valence-electron chi connectivity index (χ1n) is 5.57. The minimum Gasteiger partial charge on any atom is -0.375 e. The van der Waals surface area contributed by atoms with Crippen LogP contribution in [0.15, 0.2) is 4.52 Å². The highest BCUT2D eigenvalue weighted by atomic mass is 19.3. The van der Waals surface area contributed by atoms with E-state index in [1.807, 2.05) is 6.92 Å². The van der Waals surface area contributed by atoms with Gasteiger partial charge in [0.25, 0.3) is 6.43 Å². The van der Waals surface area contributed by atoms with Crippen LogP contribution in [-0.4, -0.2) is 29.8 Å². The number of nitrogens with zero attached hydrogens (tertiary/aromatic N) is 2. The summed E-state index contributed by atoms with van der Waals surface area (Å²) in [6.07, 6.45) is -0.414. The largest absolute Gasteiger partial charge is 0.375 e. The summed E-state index contributed by atoms with van der Waals surface area (Å²) in [5, 5.41) is 3.70. The van der Waals surface area contributed by atoms with Gasteiger partial charge < -0.3 is 15.0 Å². The standard InChI is InChI=1S/C10H17F2N3O2/c1-2-3-7(13)10-14-9(15-17-10)4-5-16-6-8(11)12/h7-8H,2-6,13H2,1H3/t7-/m1/s1. The van der Waals surface area contributed by atoms with Crippen LogP contribution in [0.25, 0.3) is 0 Å². The minimum atomic E-state index is -2.45. The van der Waals surface area contributed by atoms with E-state index in [1.165, 1.54) is 0 Å². The Morgan fingerprint density at radius 3 is 2.88 bits per heavy atom. The zero-order valence-corrected chi connectivity index (χ0v) is 9.73. The number of hydrogen-bond donors (Lipinski definition) is 1. The van der Waals surface area contributed by atoms with Gasteiger partial charge in [0.15, 0.2) is 5.82 Å². The number of aromatic nitrogens is 2. The Hall–Kier alpha value is -1.08. The minimum absolute atomic E-state index is 0.145. The van der Waals surface area contributed by atoms with Crippen molar-refractivity contribution < 1.29 is 18.0 Å². The predicted octanol–water partition coefficient (Wildman–Crippen LogP) is 1.69. The van der Waals surface area contributed by atoms with E-state index in [0.717, 1.165) is 12.8 Å². The smallest absolute Gasteiger partial charge is 0.261 e. The second-order valence-corrected chi connectivity index (χ2v) is 3.66. The molecule has 0 aliphatic rings. The van der Waals surface area contributed by atoms with Gasteiger partial charge in [0.2, 0.25) is 5.89 Å². The molecule has 0 unspecified atom stereocenters. The number of hydrogen-bond acceptors (Lipinski definition) is 5. The molecular weight excluding hydrogens is 232 g/mol. The first kappa shape index (κ1) is 14.0. The van der Waals surface area contributed by atoms with Crippen LogP contribution < -0.4 is 5.73 Å². The lowest BCUT2D eigenvalue weighted by molar-refractivity contribution is 0.0182. The maximum atomic E-state index is 11.8. The van der Waals surface area contributed by atoms with Crippen LogP contribution in [0.4, 0.5) is 8.78 Å². The van der Waals surface area contributed by atoms with Crippen molar-refractivity contribution in [3.05, 3.63) is 11.7 Å². The fourth-order valence-electron chi connectivity index (χ4n) is 1.29. The number of nitrogens with two attached hydrogens (primary N) is 1. The summed E-state index contributed by atoms with van der Waals surface area (Å²) in [5.41, 5.74) is 5.79. The summed E-state index contributed by atoms with van der Waals surface area (Å²) in [7, 11) is 0. The van der Waals surface area contributed by atoms with E-state index >= 15 is 0 Å². The van der Waals surface area contributed by atoms with E-state index in [9.17, 15) is 8.78 Å². The Morgan fingerprint density at radius 1 is 1.47 bits per heavy atom. The van der Waals surface area contributed by atoms with Gasteiger partial charge in [0.1, 0.15) is 6.61 Å². The van der Waals surface area contributed by atoms with Gasteiger partial charge in [-0.25, -0.2) is 8.78 Å². The lowest BCUT2D eigenvalue weighted by atomic mass is 10.2. The molecule has 98 valence electrons. The third-order valence-electron chi connectivity index (χ3n) is 2.11. The van der Waals surface area contributed by atoms with Crippen LogP contribution in [0.1, 0.15) is 37.5 Å². The average Bonchev–Trinajstić information content (AvgIpc) is 2.73.